The number of hydrogen-bond acceptors (Lipinski definition) is 6. The highest BCUT2D eigenvalue weighted by Crippen LogP contribution is 2.27. The standard InChI is InChI=1S/C30H46N4O6/c1-11-33(25(35)21(3)4)16-18-39-27(37)31-29(7,8)23-14-13-15-24(20-23)30(9,10)32-28(38)40-19-17-34(12-2)26(36)22(5)6/h13-15,20H,3,5,11-12,16-19H2,1-2,4,6-10H3,(H,31,37)(H,32,38). The molecule has 1 aromatic rings. The van der Waals surface area contributed by atoms with E-state index in [1.807, 2.05) is 65.8 Å². The largest absolute Gasteiger partial charge is 0.448 e. The fourth-order valence-electron chi connectivity index (χ4n) is 3.87. The van der Waals surface area contributed by atoms with Crippen molar-refractivity contribution in [2.75, 3.05) is 39.4 Å². The van der Waals surface area contributed by atoms with Gasteiger partial charge in [0.25, 0.3) is 0 Å². The first-order valence-electron chi connectivity index (χ1n) is 13.5. The van der Waals surface area contributed by atoms with Gasteiger partial charge in [0, 0.05) is 24.2 Å². The van der Waals surface area contributed by atoms with Crippen molar-refractivity contribution in [1.82, 2.24) is 20.4 Å². The average molecular weight is 559 g/mol. The maximum Gasteiger partial charge on any atom is 0.407 e. The Morgan fingerprint density at radius 3 is 1.40 bits per heavy atom. The molecule has 10 heteroatoms. The van der Waals surface area contributed by atoms with Gasteiger partial charge in [0.1, 0.15) is 13.2 Å². The van der Waals surface area contributed by atoms with Crippen LogP contribution in [-0.4, -0.2) is 73.2 Å². The van der Waals surface area contributed by atoms with Crippen molar-refractivity contribution < 1.29 is 28.7 Å². The maximum absolute atomic E-state index is 12.5. The van der Waals surface area contributed by atoms with E-state index in [0.717, 1.165) is 11.1 Å². The molecule has 0 unspecified atom stereocenters. The Labute approximate surface area is 238 Å². The number of alkyl carbamates (subject to hydrolysis) is 2. The summed E-state index contributed by atoms with van der Waals surface area (Å²) in [5.41, 5.74) is 0.874. The third kappa shape index (κ3) is 10.4. The fraction of sp³-hybridized carbons (Fsp3) is 0.533. The van der Waals surface area contributed by atoms with Crippen LogP contribution in [0.5, 0.6) is 0 Å². The molecule has 0 saturated heterocycles. The van der Waals surface area contributed by atoms with Crippen molar-refractivity contribution in [1.29, 1.82) is 0 Å². The van der Waals surface area contributed by atoms with Crippen molar-refractivity contribution >= 4 is 24.0 Å². The number of amides is 4. The van der Waals surface area contributed by atoms with E-state index in [0.29, 0.717) is 24.2 Å². The zero-order chi connectivity index (χ0) is 30.7. The molecular weight excluding hydrogens is 512 g/mol. The predicted octanol–water partition coefficient (Wildman–Crippen LogP) is 4.46. The molecule has 10 nitrogen and oxygen atoms in total. The molecule has 0 spiro atoms. The zero-order valence-electron chi connectivity index (χ0n) is 25.3. The van der Waals surface area contributed by atoms with Gasteiger partial charge >= 0.3 is 12.2 Å². The number of likely N-dealkylation sites (N-methyl/N-ethyl adjacent to an activating group) is 2. The highest BCUT2D eigenvalue weighted by molar-refractivity contribution is 5.92. The minimum Gasteiger partial charge on any atom is -0.448 e. The molecule has 0 aliphatic carbocycles. The minimum atomic E-state index is -0.791. The number of ether oxygens (including phenoxy) is 2. The van der Waals surface area contributed by atoms with Gasteiger partial charge in [0.15, 0.2) is 0 Å². The molecule has 0 aliphatic heterocycles. The van der Waals surface area contributed by atoms with E-state index in [9.17, 15) is 19.2 Å². The number of benzene rings is 1. The molecule has 1 rings (SSSR count). The number of hydrogen-bond donors (Lipinski definition) is 2. The molecule has 0 atom stereocenters. The van der Waals surface area contributed by atoms with Crippen molar-refractivity contribution in [2.24, 2.45) is 0 Å². The third-order valence-corrected chi connectivity index (χ3v) is 6.39. The highest BCUT2D eigenvalue weighted by atomic mass is 16.6. The first kappa shape index (κ1) is 34.2. The lowest BCUT2D eigenvalue weighted by Crippen LogP contribution is -2.44. The van der Waals surface area contributed by atoms with Gasteiger partial charge in [0.2, 0.25) is 11.8 Å². The van der Waals surface area contributed by atoms with E-state index in [2.05, 4.69) is 23.8 Å². The van der Waals surface area contributed by atoms with Crippen LogP contribution in [0.15, 0.2) is 48.6 Å². The van der Waals surface area contributed by atoms with E-state index >= 15 is 0 Å². The Kier molecular flexibility index (Phi) is 12.9. The van der Waals surface area contributed by atoms with E-state index in [1.54, 1.807) is 23.6 Å². The Morgan fingerprint density at radius 2 is 1.10 bits per heavy atom. The second-order valence-corrected chi connectivity index (χ2v) is 10.7. The molecule has 0 fully saturated rings. The number of rotatable bonds is 14. The minimum absolute atomic E-state index is 0.0469. The number of carbonyl (C=O) groups excluding carboxylic acids is 4. The smallest absolute Gasteiger partial charge is 0.407 e. The van der Waals surface area contributed by atoms with Gasteiger partial charge in [-0.25, -0.2) is 9.59 Å². The van der Waals surface area contributed by atoms with Crippen LogP contribution in [0.25, 0.3) is 0 Å². The molecule has 2 N–H and O–H groups in total. The van der Waals surface area contributed by atoms with E-state index in [-0.39, 0.29) is 38.1 Å². The van der Waals surface area contributed by atoms with Gasteiger partial charge in [0.05, 0.1) is 24.2 Å². The van der Waals surface area contributed by atoms with Crippen molar-refractivity contribution in [3.63, 3.8) is 0 Å². The Bertz CT molecular complexity index is 1010. The molecule has 0 aromatic heterocycles. The summed E-state index contributed by atoms with van der Waals surface area (Å²) >= 11 is 0. The molecule has 0 heterocycles. The second-order valence-electron chi connectivity index (χ2n) is 10.7. The molecule has 0 aliphatic rings. The lowest BCUT2D eigenvalue weighted by atomic mass is 9.87. The summed E-state index contributed by atoms with van der Waals surface area (Å²) in [5, 5.41) is 5.73. The first-order chi connectivity index (χ1) is 18.5. The van der Waals surface area contributed by atoms with Crippen LogP contribution in [0.1, 0.15) is 66.5 Å². The monoisotopic (exact) mass is 558 g/mol. The second kappa shape index (κ2) is 15.1. The highest BCUT2D eigenvalue weighted by Gasteiger charge is 2.28. The van der Waals surface area contributed by atoms with Crippen LogP contribution in [0.3, 0.4) is 0 Å². The zero-order valence-corrected chi connectivity index (χ0v) is 25.3. The Hall–Kier alpha value is -3.82. The Balaban J connectivity index is 2.77. The summed E-state index contributed by atoms with van der Waals surface area (Å²) in [6.45, 7) is 23.3. The molecular formula is C30H46N4O6. The molecule has 0 bridgehead atoms. The lowest BCUT2D eigenvalue weighted by molar-refractivity contribution is -0.128. The van der Waals surface area contributed by atoms with Gasteiger partial charge < -0.3 is 29.9 Å². The van der Waals surface area contributed by atoms with Crippen LogP contribution in [0.2, 0.25) is 0 Å². The lowest BCUT2D eigenvalue weighted by Gasteiger charge is -2.31. The van der Waals surface area contributed by atoms with Gasteiger partial charge in [-0.3, -0.25) is 9.59 Å². The number of nitrogens with zero attached hydrogens (tertiary/aromatic N) is 2. The van der Waals surface area contributed by atoms with Crippen molar-refractivity contribution in [3.05, 3.63) is 59.7 Å². The van der Waals surface area contributed by atoms with E-state index in [1.165, 1.54) is 0 Å². The fourth-order valence-corrected chi connectivity index (χ4v) is 3.87. The molecule has 222 valence electrons. The first-order valence-corrected chi connectivity index (χ1v) is 13.5. The predicted molar refractivity (Wildman–Crippen MR) is 156 cm³/mol. The number of nitrogens with one attached hydrogen (secondary N) is 2. The third-order valence-electron chi connectivity index (χ3n) is 6.39. The van der Waals surface area contributed by atoms with Crippen LogP contribution < -0.4 is 10.6 Å². The summed E-state index contributed by atoms with van der Waals surface area (Å²) in [5.74, 6) is -0.353. The van der Waals surface area contributed by atoms with Gasteiger partial charge in [-0.1, -0.05) is 37.4 Å². The summed E-state index contributed by atoms with van der Waals surface area (Å²) in [6, 6.07) is 7.50. The molecule has 1 aromatic carbocycles. The Morgan fingerprint density at radius 1 is 0.750 bits per heavy atom. The maximum atomic E-state index is 12.5. The van der Waals surface area contributed by atoms with Crippen LogP contribution in [-0.2, 0) is 30.1 Å². The molecule has 0 saturated carbocycles. The quantitative estimate of drug-likeness (QED) is 0.326. The normalized spacial score (nSPS) is 11.2. The van der Waals surface area contributed by atoms with Crippen LogP contribution in [0, 0.1) is 0 Å². The van der Waals surface area contributed by atoms with Gasteiger partial charge in [-0.05, 0) is 66.5 Å². The topological polar surface area (TPSA) is 117 Å². The van der Waals surface area contributed by atoms with Crippen molar-refractivity contribution in [3.8, 4) is 0 Å². The summed E-state index contributed by atoms with van der Waals surface area (Å²) in [6.07, 6.45) is -1.22. The SMILES string of the molecule is C=C(C)C(=O)N(CC)CCOC(=O)NC(C)(C)c1cccc(C(C)(C)NC(=O)OCCN(CC)C(=O)C(=C)C)c1. The molecule has 40 heavy (non-hydrogen) atoms. The van der Waals surface area contributed by atoms with Crippen molar-refractivity contribution in [2.45, 2.75) is 66.5 Å². The summed E-state index contributed by atoms with van der Waals surface area (Å²) in [7, 11) is 0. The van der Waals surface area contributed by atoms with Gasteiger partial charge in [-0.15, -0.1) is 0 Å². The van der Waals surface area contributed by atoms with Crippen LogP contribution >= 0.6 is 0 Å². The number of carbonyl (C=O) groups is 4. The van der Waals surface area contributed by atoms with Crippen LogP contribution in [0.4, 0.5) is 9.59 Å². The summed E-state index contributed by atoms with van der Waals surface area (Å²) in [4.78, 5) is 52.4. The van der Waals surface area contributed by atoms with E-state index < -0.39 is 23.3 Å². The van der Waals surface area contributed by atoms with Gasteiger partial charge in [-0.2, -0.15) is 0 Å². The average Bonchev–Trinajstić information content (AvgIpc) is 2.87. The molecule has 4 amide bonds. The summed E-state index contributed by atoms with van der Waals surface area (Å²) < 4.78 is 10.7. The molecule has 0 radical (unpaired) electrons. The van der Waals surface area contributed by atoms with E-state index in [4.69, 9.17) is 9.47 Å².